The van der Waals surface area contributed by atoms with Gasteiger partial charge in [-0.2, -0.15) is 4.99 Å². The number of hydrogen-bond donors (Lipinski definition) is 4. The summed E-state index contributed by atoms with van der Waals surface area (Å²) in [7, 11) is 1.84. The molecule has 1 aromatic heterocycles. The number of aryl methyl sites for hydroxylation is 2. The van der Waals surface area contributed by atoms with Crippen LogP contribution < -0.4 is 20.7 Å². The number of amidine groups is 2. The molecule has 0 aliphatic carbocycles. The first-order valence-corrected chi connectivity index (χ1v) is 12.8. The molecule has 4 N–H and O–H groups in total. The van der Waals surface area contributed by atoms with Crippen molar-refractivity contribution in [2.45, 2.75) is 33.2 Å². The molecule has 0 bridgehead atoms. The van der Waals surface area contributed by atoms with Gasteiger partial charge in [0.2, 0.25) is 0 Å². The number of thiazole rings is 1. The predicted molar refractivity (Wildman–Crippen MR) is 152 cm³/mol. The van der Waals surface area contributed by atoms with E-state index in [9.17, 15) is 0 Å². The van der Waals surface area contributed by atoms with E-state index in [4.69, 9.17) is 14.9 Å². The van der Waals surface area contributed by atoms with E-state index in [-0.39, 0.29) is 11.4 Å². The number of benzene rings is 3. The number of hydrogen-bond acceptors (Lipinski definition) is 7. The summed E-state index contributed by atoms with van der Waals surface area (Å²) in [6.45, 7) is 8.67. The van der Waals surface area contributed by atoms with E-state index in [0.717, 1.165) is 43.7 Å². The average molecular weight is 515 g/mol. The van der Waals surface area contributed by atoms with Crippen molar-refractivity contribution in [3.05, 3.63) is 70.7 Å². The topological polar surface area (TPSA) is 104 Å². The highest BCUT2D eigenvalue weighted by atomic mass is 32.1. The largest absolute Gasteiger partial charge is 0.463 e. The predicted octanol–water partition coefficient (Wildman–Crippen LogP) is 6.57. The SMILES string of the molecule is CNc1ccc(/N=C2/NC(C)(C)CO2)cc1C(=N)Nc1ccc(Oc2ccc3nc(C)sc3c2)c(C)c1. The van der Waals surface area contributed by atoms with E-state index >= 15 is 0 Å². The highest BCUT2D eigenvalue weighted by Gasteiger charge is 2.28. The molecule has 0 radical (unpaired) electrons. The lowest BCUT2D eigenvalue weighted by Crippen LogP contribution is -2.36. The summed E-state index contributed by atoms with van der Waals surface area (Å²) in [6, 6.07) is 17.9. The van der Waals surface area contributed by atoms with Gasteiger partial charge in [-0.25, -0.2) is 4.98 Å². The first-order valence-electron chi connectivity index (χ1n) is 12.0. The lowest BCUT2D eigenvalue weighted by Gasteiger charge is -2.15. The zero-order chi connectivity index (χ0) is 26.2. The Hall–Kier alpha value is -4.11. The maximum atomic E-state index is 8.76. The van der Waals surface area contributed by atoms with Crippen LogP contribution in [0.15, 0.2) is 59.6 Å². The summed E-state index contributed by atoms with van der Waals surface area (Å²) in [5, 5.41) is 19.4. The van der Waals surface area contributed by atoms with Crippen molar-refractivity contribution in [3.63, 3.8) is 0 Å². The molecule has 1 aliphatic heterocycles. The van der Waals surface area contributed by atoms with Gasteiger partial charge < -0.3 is 25.4 Å². The molecular weight excluding hydrogens is 484 g/mol. The van der Waals surface area contributed by atoms with Crippen LogP contribution in [0.25, 0.3) is 10.2 Å². The fourth-order valence-corrected chi connectivity index (χ4v) is 4.93. The third-order valence-electron chi connectivity index (χ3n) is 5.93. The summed E-state index contributed by atoms with van der Waals surface area (Å²) in [5.41, 5.74) is 4.82. The van der Waals surface area contributed by atoms with Gasteiger partial charge in [0.25, 0.3) is 6.02 Å². The van der Waals surface area contributed by atoms with Crippen molar-refractivity contribution in [1.29, 1.82) is 5.41 Å². The summed E-state index contributed by atoms with van der Waals surface area (Å²) in [4.78, 5) is 9.08. The molecule has 0 saturated carbocycles. The zero-order valence-electron chi connectivity index (χ0n) is 21.5. The summed E-state index contributed by atoms with van der Waals surface area (Å²) in [6.07, 6.45) is 0. The van der Waals surface area contributed by atoms with Crippen LogP contribution in [0.2, 0.25) is 0 Å². The molecule has 1 aliphatic rings. The van der Waals surface area contributed by atoms with Gasteiger partial charge in [0, 0.05) is 30.1 Å². The van der Waals surface area contributed by atoms with E-state index in [1.54, 1.807) is 11.3 Å². The van der Waals surface area contributed by atoms with Gasteiger partial charge >= 0.3 is 0 Å². The summed E-state index contributed by atoms with van der Waals surface area (Å²) < 4.78 is 12.9. The second-order valence-electron chi connectivity index (χ2n) is 9.64. The van der Waals surface area contributed by atoms with Crippen LogP contribution in [-0.2, 0) is 4.74 Å². The zero-order valence-corrected chi connectivity index (χ0v) is 22.3. The second-order valence-corrected chi connectivity index (χ2v) is 10.9. The Morgan fingerprint density at radius 3 is 2.70 bits per heavy atom. The maximum Gasteiger partial charge on any atom is 0.290 e. The van der Waals surface area contributed by atoms with Gasteiger partial charge in [-0.05, 0) is 81.8 Å². The Balaban J connectivity index is 1.32. The van der Waals surface area contributed by atoms with Crippen LogP contribution in [0.5, 0.6) is 11.5 Å². The van der Waals surface area contributed by atoms with Crippen molar-refractivity contribution in [2.24, 2.45) is 4.99 Å². The van der Waals surface area contributed by atoms with Crippen LogP contribution >= 0.6 is 11.3 Å². The first-order chi connectivity index (χ1) is 17.7. The number of fused-ring (bicyclic) bond motifs is 1. The van der Waals surface area contributed by atoms with Crippen molar-refractivity contribution in [2.75, 3.05) is 24.3 Å². The molecule has 1 fully saturated rings. The van der Waals surface area contributed by atoms with Crippen LogP contribution in [-0.4, -0.2) is 36.0 Å². The minimum absolute atomic E-state index is 0.151. The van der Waals surface area contributed by atoms with E-state index in [2.05, 4.69) is 39.8 Å². The highest BCUT2D eigenvalue weighted by molar-refractivity contribution is 7.18. The molecule has 8 nitrogen and oxygen atoms in total. The molecular formula is C28H30N6O2S. The van der Waals surface area contributed by atoms with Gasteiger partial charge in [0.15, 0.2) is 0 Å². The lowest BCUT2D eigenvalue weighted by molar-refractivity contribution is 0.288. The van der Waals surface area contributed by atoms with Crippen LogP contribution in [0.3, 0.4) is 0 Å². The first kappa shape index (κ1) is 24.6. The molecule has 37 heavy (non-hydrogen) atoms. The van der Waals surface area contributed by atoms with E-state index in [0.29, 0.717) is 23.9 Å². The lowest BCUT2D eigenvalue weighted by atomic mass is 10.1. The molecule has 0 spiro atoms. The second kappa shape index (κ2) is 9.74. The average Bonchev–Trinajstić information content (AvgIpc) is 3.40. The smallest absolute Gasteiger partial charge is 0.290 e. The van der Waals surface area contributed by atoms with Crippen LogP contribution in [0.4, 0.5) is 17.1 Å². The number of aliphatic imine (C=N–C) groups is 1. The quantitative estimate of drug-likeness (QED) is 0.171. The third-order valence-corrected chi connectivity index (χ3v) is 6.86. The van der Waals surface area contributed by atoms with Crippen LogP contribution in [0.1, 0.15) is 30.0 Å². The number of anilines is 2. The van der Waals surface area contributed by atoms with Crippen molar-refractivity contribution < 1.29 is 9.47 Å². The Morgan fingerprint density at radius 1 is 1.14 bits per heavy atom. The molecule has 2 heterocycles. The van der Waals surface area contributed by atoms with Crippen molar-refractivity contribution in [3.8, 4) is 11.5 Å². The fourth-order valence-electron chi connectivity index (χ4n) is 4.08. The molecule has 0 unspecified atom stereocenters. The number of aromatic nitrogens is 1. The van der Waals surface area contributed by atoms with E-state index in [1.807, 2.05) is 75.5 Å². The Bertz CT molecular complexity index is 1520. The van der Waals surface area contributed by atoms with E-state index in [1.165, 1.54) is 0 Å². The number of nitrogens with one attached hydrogen (secondary N) is 4. The molecule has 0 atom stereocenters. The molecule has 0 amide bonds. The number of rotatable bonds is 6. The molecule has 190 valence electrons. The molecule has 3 aromatic carbocycles. The van der Waals surface area contributed by atoms with Gasteiger partial charge in [-0.1, -0.05) is 0 Å². The fraction of sp³-hybridized carbons (Fsp3) is 0.250. The Kier molecular flexibility index (Phi) is 6.47. The van der Waals surface area contributed by atoms with Crippen LogP contribution in [0, 0.1) is 19.3 Å². The highest BCUT2D eigenvalue weighted by Crippen LogP contribution is 2.32. The third kappa shape index (κ3) is 5.51. The number of ether oxygens (including phenoxy) is 2. The minimum Gasteiger partial charge on any atom is -0.463 e. The Morgan fingerprint density at radius 2 is 1.97 bits per heavy atom. The van der Waals surface area contributed by atoms with Gasteiger partial charge in [-0.3, -0.25) is 5.41 Å². The summed E-state index contributed by atoms with van der Waals surface area (Å²) in [5.74, 6) is 1.79. The van der Waals surface area contributed by atoms with Crippen molar-refractivity contribution >= 4 is 50.5 Å². The monoisotopic (exact) mass is 514 g/mol. The minimum atomic E-state index is -0.151. The van der Waals surface area contributed by atoms with Crippen molar-refractivity contribution in [1.82, 2.24) is 10.3 Å². The standard InChI is InChI=1S/C28H30N6O2S/c1-16-12-18(7-11-24(16)36-20-8-10-23-25(14-20)37-17(2)31-23)32-26(29)21-13-19(6-9-22(21)30-5)33-27-34-28(3,4)15-35-27/h6-14,30H,15H2,1-5H3,(H2,29,32)(H,33,34). The van der Waals surface area contributed by atoms with Gasteiger partial charge in [0.05, 0.1) is 26.5 Å². The Labute approximate surface area is 220 Å². The van der Waals surface area contributed by atoms with Gasteiger partial charge in [0.1, 0.15) is 23.9 Å². The summed E-state index contributed by atoms with van der Waals surface area (Å²) >= 11 is 1.65. The molecule has 5 rings (SSSR count). The van der Waals surface area contributed by atoms with E-state index < -0.39 is 0 Å². The molecule has 4 aromatic rings. The maximum absolute atomic E-state index is 8.76. The molecule has 9 heteroatoms. The number of nitrogens with zero attached hydrogens (tertiary/aromatic N) is 2. The normalized spacial score (nSPS) is 15.3. The van der Waals surface area contributed by atoms with Gasteiger partial charge in [-0.15, -0.1) is 11.3 Å². The molecule has 1 saturated heterocycles.